The van der Waals surface area contributed by atoms with Crippen LogP contribution in [0.2, 0.25) is 0 Å². The third kappa shape index (κ3) is 3.98. The third-order valence-electron chi connectivity index (χ3n) is 6.50. The summed E-state index contributed by atoms with van der Waals surface area (Å²) in [6.07, 6.45) is 1.72. The zero-order valence-corrected chi connectivity index (χ0v) is 20.3. The van der Waals surface area contributed by atoms with E-state index in [4.69, 9.17) is 13.9 Å². The maximum atomic E-state index is 13.7. The number of hydrogen-bond donors (Lipinski definition) is 4. The van der Waals surface area contributed by atoms with Crippen LogP contribution in [-0.4, -0.2) is 51.9 Å². The molecule has 0 bridgehead atoms. The minimum atomic E-state index is -1.60. The van der Waals surface area contributed by atoms with Crippen LogP contribution in [0.1, 0.15) is 48.0 Å². The largest absolute Gasteiger partial charge is 0.507 e. The summed E-state index contributed by atoms with van der Waals surface area (Å²) in [4.78, 5) is 38.9. The molecule has 1 aliphatic heterocycles. The molecule has 10 heteroatoms. The van der Waals surface area contributed by atoms with E-state index in [9.17, 15) is 29.7 Å². The van der Waals surface area contributed by atoms with Crippen LogP contribution in [0.15, 0.2) is 45.9 Å². The number of nitrogens with one attached hydrogen (secondary N) is 1. The van der Waals surface area contributed by atoms with Crippen LogP contribution in [0.5, 0.6) is 17.2 Å². The van der Waals surface area contributed by atoms with Gasteiger partial charge in [-0.15, -0.1) is 0 Å². The van der Waals surface area contributed by atoms with Gasteiger partial charge in [-0.25, -0.2) is 0 Å². The number of aromatic hydroxyl groups is 2. The van der Waals surface area contributed by atoms with Gasteiger partial charge >= 0.3 is 0 Å². The number of aliphatic hydroxyl groups is 1. The molecule has 2 atom stereocenters. The number of furan rings is 1. The number of Topliss-reactive ketones (excluding diaryl/α,β-unsaturated/α-hetero) is 2. The molecule has 0 amide bonds. The van der Waals surface area contributed by atoms with Crippen LogP contribution in [0.4, 0.5) is 0 Å². The number of ether oxygens (including phenoxy) is 2. The van der Waals surface area contributed by atoms with E-state index in [0.717, 1.165) is 6.08 Å². The van der Waals surface area contributed by atoms with Crippen molar-refractivity contribution in [1.29, 1.82) is 0 Å². The number of allylic oxidation sites excluding steroid dienone is 4. The van der Waals surface area contributed by atoms with E-state index in [0.29, 0.717) is 5.76 Å². The predicted molar refractivity (Wildman–Crippen MR) is 126 cm³/mol. The number of carbonyl (C=O) groups is 3. The molecular weight excluding hydrogens is 470 g/mol. The third-order valence-corrected chi connectivity index (χ3v) is 6.50. The predicted octanol–water partition coefficient (Wildman–Crippen LogP) is 2.33. The second kappa shape index (κ2) is 9.29. The summed E-state index contributed by atoms with van der Waals surface area (Å²) in [6.45, 7) is 5.84. The molecule has 1 aliphatic carbocycles. The molecule has 2 aliphatic rings. The van der Waals surface area contributed by atoms with Crippen molar-refractivity contribution in [2.24, 2.45) is 0 Å². The number of carbonyl (C=O) groups excluding carboxylic acids is 3. The second-order valence-electron chi connectivity index (χ2n) is 9.02. The van der Waals surface area contributed by atoms with Crippen molar-refractivity contribution in [3.63, 3.8) is 0 Å². The van der Waals surface area contributed by atoms with E-state index < -0.39 is 40.4 Å². The number of ketones is 3. The lowest BCUT2D eigenvalue weighted by atomic mass is 9.70. The molecule has 190 valence electrons. The Bertz CT molecular complexity index is 1320. The molecule has 36 heavy (non-hydrogen) atoms. The van der Waals surface area contributed by atoms with Crippen molar-refractivity contribution in [2.45, 2.75) is 45.8 Å². The molecule has 1 aromatic carbocycles. The summed E-state index contributed by atoms with van der Waals surface area (Å²) in [6, 6.07) is 3.47. The smallest absolute Gasteiger partial charge is 0.194 e. The van der Waals surface area contributed by atoms with Gasteiger partial charge in [0.15, 0.2) is 17.3 Å². The van der Waals surface area contributed by atoms with E-state index >= 15 is 0 Å². The maximum Gasteiger partial charge on any atom is 0.194 e. The summed E-state index contributed by atoms with van der Waals surface area (Å²) in [5.74, 6) is -2.21. The number of hydrogen-bond acceptors (Lipinski definition) is 10. The van der Waals surface area contributed by atoms with Gasteiger partial charge < -0.3 is 34.5 Å². The van der Waals surface area contributed by atoms with Gasteiger partial charge in [-0.3, -0.25) is 14.4 Å². The minimum absolute atomic E-state index is 0.00113. The Labute approximate surface area is 206 Å². The fourth-order valence-corrected chi connectivity index (χ4v) is 4.47. The van der Waals surface area contributed by atoms with Gasteiger partial charge in [-0.1, -0.05) is 0 Å². The van der Waals surface area contributed by atoms with Crippen molar-refractivity contribution in [3.8, 4) is 17.2 Å². The highest BCUT2D eigenvalue weighted by molar-refractivity contribution is 6.31. The lowest BCUT2D eigenvalue weighted by Crippen LogP contribution is -2.41. The summed E-state index contributed by atoms with van der Waals surface area (Å²) in [5.41, 5.74) is -1.68. The topological polar surface area (TPSA) is 156 Å². The van der Waals surface area contributed by atoms with Crippen molar-refractivity contribution >= 4 is 17.3 Å². The van der Waals surface area contributed by atoms with Crippen LogP contribution in [-0.2, 0) is 26.3 Å². The zero-order valence-electron chi connectivity index (χ0n) is 20.3. The first-order valence-corrected chi connectivity index (χ1v) is 11.3. The number of benzene rings is 1. The Hall–Kier alpha value is -3.89. The lowest BCUT2D eigenvalue weighted by Gasteiger charge is -2.29. The summed E-state index contributed by atoms with van der Waals surface area (Å²) < 4.78 is 16.3. The summed E-state index contributed by atoms with van der Waals surface area (Å²) in [5, 5.41) is 34.4. The number of fused-ring (bicyclic) bond motifs is 3. The number of rotatable bonds is 8. The normalized spacial score (nSPS) is 20.9. The molecule has 0 fully saturated rings. The van der Waals surface area contributed by atoms with E-state index in [-0.39, 0.29) is 59.2 Å². The zero-order chi connectivity index (χ0) is 26.4. The molecule has 0 saturated heterocycles. The Balaban J connectivity index is 1.60. The molecule has 4 N–H and O–H groups in total. The van der Waals surface area contributed by atoms with Gasteiger partial charge in [-0.2, -0.15) is 0 Å². The van der Waals surface area contributed by atoms with Crippen molar-refractivity contribution in [1.82, 2.24) is 5.32 Å². The number of phenolic OH excluding ortho intramolecular Hbond substituents is 2. The van der Waals surface area contributed by atoms with E-state index in [1.54, 1.807) is 12.1 Å². The van der Waals surface area contributed by atoms with Crippen LogP contribution >= 0.6 is 0 Å². The average Bonchev–Trinajstić information content (AvgIpc) is 3.43. The fourth-order valence-electron chi connectivity index (χ4n) is 4.47. The van der Waals surface area contributed by atoms with Crippen molar-refractivity contribution in [2.75, 3.05) is 13.2 Å². The summed E-state index contributed by atoms with van der Waals surface area (Å²) >= 11 is 0. The molecule has 1 aromatic heterocycles. The monoisotopic (exact) mass is 497 g/mol. The molecule has 0 saturated carbocycles. The van der Waals surface area contributed by atoms with Crippen molar-refractivity contribution < 1.29 is 43.6 Å². The molecule has 2 heterocycles. The minimum Gasteiger partial charge on any atom is -0.507 e. The van der Waals surface area contributed by atoms with Gasteiger partial charge in [0.25, 0.3) is 0 Å². The van der Waals surface area contributed by atoms with Gasteiger partial charge in [0.1, 0.15) is 46.4 Å². The highest BCUT2D eigenvalue weighted by Gasteiger charge is 2.56. The van der Waals surface area contributed by atoms with Crippen LogP contribution in [0.3, 0.4) is 0 Å². The standard InChI is InChI=1S/C26H27NO9/c1-12-22(31)20(14(3)28)24-21(23(12)32)26(4)18(36-24)8-17(30)19(25(26)33)13(2)27-9-15(29)10-34-11-16-6-5-7-35-16/h5-8,15,27,29,31-32H,9-11H2,1-4H3/t15?,26-/m0/s1. The number of aliphatic hydroxyl groups excluding tert-OH is 1. The molecule has 10 nitrogen and oxygen atoms in total. The van der Waals surface area contributed by atoms with Gasteiger partial charge in [0.05, 0.1) is 30.1 Å². The Kier molecular flexibility index (Phi) is 6.50. The Morgan fingerprint density at radius 3 is 2.58 bits per heavy atom. The summed E-state index contributed by atoms with van der Waals surface area (Å²) in [7, 11) is 0. The molecule has 0 radical (unpaired) electrons. The molecular formula is C26H27NO9. The Morgan fingerprint density at radius 1 is 1.22 bits per heavy atom. The van der Waals surface area contributed by atoms with Gasteiger partial charge in [0.2, 0.25) is 0 Å². The van der Waals surface area contributed by atoms with Gasteiger partial charge in [-0.05, 0) is 39.8 Å². The molecule has 4 rings (SSSR count). The Morgan fingerprint density at radius 2 is 1.94 bits per heavy atom. The fraction of sp³-hybridized carbons (Fsp3) is 0.346. The molecule has 0 spiro atoms. The first-order valence-electron chi connectivity index (χ1n) is 11.3. The molecule has 1 unspecified atom stereocenters. The lowest BCUT2D eigenvalue weighted by molar-refractivity contribution is -0.123. The maximum absolute atomic E-state index is 13.7. The average molecular weight is 498 g/mol. The second-order valence-corrected chi connectivity index (χ2v) is 9.02. The van der Waals surface area contributed by atoms with Gasteiger partial charge in [0, 0.05) is 23.9 Å². The SMILES string of the molecule is CC(=O)c1c(O)c(C)c(O)c2c1OC1=CC(=O)C(=C(C)NCC(O)COCc3ccco3)C(=O)[C@@]12C. The van der Waals surface area contributed by atoms with Crippen LogP contribution in [0, 0.1) is 6.92 Å². The molecule has 2 aromatic rings. The van der Waals surface area contributed by atoms with E-state index in [2.05, 4.69) is 5.32 Å². The first kappa shape index (κ1) is 25.2. The number of phenols is 2. The van der Waals surface area contributed by atoms with E-state index in [1.807, 2.05) is 0 Å². The highest BCUT2D eigenvalue weighted by Crippen LogP contribution is 2.57. The quantitative estimate of drug-likeness (QED) is 0.243. The van der Waals surface area contributed by atoms with Crippen LogP contribution < -0.4 is 10.1 Å². The first-order chi connectivity index (χ1) is 17.0. The van der Waals surface area contributed by atoms with Crippen molar-refractivity contribution in [3.05, 3.63) is 64.0 Å². The van der Waals surface area contributed by atoms with Crippen LogP contribution in [0.25, 0.3) is 0 Å². The van der Waals surface area contributed by atoms with E-state index in [1.165, 1.54) is 34.0 Å². The highest BCUT2D eigenvalue weighted by atomic mass is 16.5.